The number of nitrogens with two attached hydrogens (primary N) is 1. The van der Waals surface area contributed by atoms with Crippen molar-refractivity contribution < 1.29 is 9.84 Å². The van der Waals surface area contributed by atoms with Gasteiger partial charge in [-0.25, -0.2) is 0 Å². The van der Waals surface area contributed by atoms with Crippen LogP contribution < -0.4 is 5.73 Å². The number of aliphatic hydroxyl groups is 1. The first-order valence-electron chi connectivity index (χ1n) is 4.83. The minimum atomic E-state index is -0.637. The van der Waals surface area contributed by atoms with E-state index in [4.69, 9.17) is 10.5 Å². The summed E-state index contributed by atoms with van der Waals surface area (Å²) in [6.07, 6.45) is 2.43. The molecule has 0 aromatic rings. The number of hydrogen-bond donors (Lipinski definition) is 2. The monoisotopic (exact) mass is 203 g/mol. The van der Waals surface area contributed by atoms with Crippen molar-refractivity contribution in [2.45, 2.75) is 30.4 Å². The summed E-state index contributed by atoms with van der Waals surface area (Å²) in [4.78, 5) is 0. The van der Waals surface area contributed by atoms with E-state index in [-0.39, 0.29) is 0 Å². The summed E-state index contributed by atoms with van der Waals surface area (Å²) in [5, 5.41) is 10.4. The van der Waals surface area contributed by atoms with E-state index in [2.05, 4.69) is 0 Å². The molecule has 2 heterocycles. The Hall–Kier alpha value is 0.230. The highest BCUT2D eigenvalue weighted by Gasteiger charge is 2.49. The largest absolute Gasteiger partial charge is 0.387 e. The van der Waals surface area contributed by atoms with Crippen LogP contribution in [0.5, 0.6) is 0 Å². The Balaban J connectivity index is 2.11. The van der Waals surface area contributed by atoms with Crippen molar-refractivity contribution in [1.82, 2.24) is 0 Å². The van der Waals surface area contributed by atoms with Gasteiger partial charge in [0, 0.05) is 24.5 Å². The molecule has 0 aliphatic carbocycles. The highest BCUT2D eigenvalue weighted by molar-refractivity contribution is 7.99. The van der Waals surface area contributed by atoms with Gasteiger partial charge >= 0.3 is 0 Å². The minimum Gasteiger partial charge on any atom is -0.387 e. The van der Waals surface area contributed by atoms with Crippen LogP contribution in [0.1, 0.15) is 19.3 Å². The van der Waals surface area contributed by atoms with Gasteiger partial charge in [-0.05, 0) is 25.0 Å². The number of rotatable bonds is 1. The molecule has 0 aromatic heterocycles. The summed E-state index contributed by atoms with van der Waals surface area (Å²) in [7, 11) is 0. The molecule has 3 nitrogen and oxygen atoms in total. The Morgan fingerprint density at radius 2 is 1.92 bits per heavy atom. The van der Waals surface area contributed by atoms with Crippen LogP contribution in [0.2, 0.25) is 0 Å². The van der Waals surface area contributed by atoms with E-state index in [1.165, 1.54) is 0 Å². The van der Waals surface area contributed by atoms with E-state index in [0.717, 1.165) is 30.8 Å². The molecule has 13 heavy (non-hydrogen) atoms. The third kappa shape index (κ3) is 1.61. The van der Waals surface area contributed by atoms with Gasteiger partial charge in [0.1, 0.15) is 0 Å². The van der Waals surface area contributed by atoms with Gasteiger partial charge in [-0.1, -0.05) is 0 Å². The van der Waals surface area contributed by atoms with Crippen LogP contribution in [-0.2, 0) is 4.74 Å². The maximum Gasteiger partial charge on any atom is 0.0925 e. The molecule has 0 bridgehead atoms. The second-order valence-corrected chi connectivity index (χ2v) is 5.21. The zero-order chi connectivity index (χ0) is 9.36. The molecular weight excluding hydrogens is 186 g/mol. The Kier molecular flexibility index (Phi) is 2.57. The third-order valence-corrected chi connectivity index (χ3v) is 4.49. The van der Waals surface area contributed by atoms with Crippen molar-refractivity contribution in [3.63, 3.8) is 0 Å². The lowest BCUT2D eigenvalue weighted by Crippen LogP contribution is -2.63. The first-order chi connectivity index (χ1) is 6.16. The predicted molar refractivity (Wildman–Crippen MR) is 53.9 cm³/mol. The van der Waals surface area contributed by atoms with Crippen molar-refractivity contribution >= 4 is 11.8 Å². The molecule has 0 saturated carbocycles. The molecule has 2 saturated heterocycles. The Bertz CT molecular complexity index is 186. The van der Waals surface area contributed by atoms with Gasteiger partial charge in [-0.3, -0.25) is 0 Å². The molecule has 0 radical (unpaired) electrons. The molecule has 0 spiro atoms. The second kappa shape index (κ2) is 3.42. The zero-order valence-electron chi connectivity index (χ0n) is 7.79. The van der Waals surface area contributed by atoms with Crippen LogP contribution in [0.4, 0.5) is 0 Å². The van der Waals surface area contributed by atoms with Gasteiger partial charge in [-0.15, -0.1) is 0 Å². The molecule has 1 unspecified atom stereocenters. The lowest BCUT2D eigenvalue weighted by molar-refractivity contribution is -0.0663. The number of thioether (sulfide) groups is 1. The van der Waals surface area contributed by atoms with E-state index in [9.17, 15) is 5.11 Å². The maximum absolute atomic E-state index is 10.4. The van der Waals surface area contributed by atoms with E-state index in [1.807, 2.05) is 0 Å². The summed E-state index contributed by atoms with van der Waals surface area (Å²) >= 11 is 1.80. The molecule has 0 aromatic carbocycles. The lowest BCUT2D eigenvalue weighted by atomic mass is 9.74. The first kappa shape index (κ1) is 9.77. The van der Waals surface area contributed by atoms with Crippen LogP contribution in [0.15, 0.2) is 0 Å². The average Bonchev–Trinajstić information content (AvgIpc) is 2.55. The van der Waals surface area contributed by atoms with Crippen molar-refractivity contribution in [2.75, 3.05) is 24.7 Å². The summed E-state index contributed by atoms with van der Waals surface area (Å²) in [5.41, 5.74) is 5.22. The minimum absolute atomic E-state index is 0.394. The summed E-state index contributed by atoms with van der Waals surface area (Å²) in [6.45, 7) is 1.40. The average molecular weight is 203 g/mol. The fourth-order valence-corrected chi connectivity index (χ4v) is 3.54. The molecule has 2 aliphatic heterocycles. The molecule has 1 atom stereocenters. The van der Waals surface area contributed by atoms with E-state index in [1.54, 1.807) is 11.8 Å². The van der Waals surface area contributed by atoms with Crippen LogP contribution in [0.3, 0.4) is 0 Å². The number of ether oxygens (including phenoxy) is 1. The van der Waals surface area contributed by atoms with Gasteiger partial charge in [-0.2, -0.15) is 11.8 Å². The van der Waals surface area contributed by atoms with Crippen LogP contribution in [0.25, 0.3) is 0 Å². The Morgan fingerprint density at radius 3 is 2.46 bits per heavy atom. The van der Waals surface area contributed by atoms with Gasteiger partial charge in [0.25, 0.3) is 0 Å². The molecular formula is C9H17NO2S. The zero-order valence-corrected chi connectivity index (χ0v) is 8.61. The van der Waals surface area contributed by atoms with Crippen molar-refractivity contribution in [1.29, 1.82) is 0 Å². The quantitative estimate of drug-likeness (QED) is 0.646. The predicted octanol–water partition coefficient (Wildman–Crippen LogP) is 0.362. The molecule has 0 amide bonds. The van der Waals surface area contributed by atoms with Gasteiger partial charge in [0.2, 0.25) is 0 Å². The smallest absolute Gasteiger partial charge is 0.0925 e. The fraction of sp³-hybridized carbons (Fsp3) is 1.00. The highest BCUT2D eigenvalue weighted by Crippen LogP contribution is 2.40. The van der Waals surface area contributed by atoms with Gasteiger partial charge in [0.05, 0.1) is 5.60 Å². The Morgan fingerprint density at radius 1 is 1.23 bits per heavy atom. The molecule has 2 fully saturated rings. The second-order valence-electron chi connectivity index (χ2n) is 4.10. The molecule has 76 valence electrons. The number of hydrogen-bond acceptors (Lipinski definition) is 4. The topological polar surface area (TPSA) is 55.5 Å². The molecule has 4 heteroatoms. The molecule has 2 aliphatic rings. The highest BCUT2D eigenvalue weighted by atomic mass is 32.2. The van der Waals surface area contributed by atoms with Crippen LogP contribution in [0, 0.1) is 0 Å². The summed E-state index contributed by atoms with van der Waals surface area (Å²) in [6, 6.07) is 0. The molecule has 3 N–H and O–H groups in total. The summed E-state index contributed by atoms with van der Waals surface area (Å²) < 4.78 is 5.27. The van der Waals surface area contributed by atoms with Crippen molar-refractivity contribution in [3.05, 3.63) is 0 Å². The molecule has 2 rings (SSSR count). The van der Waals surface area contributed by atoms with Crippen molar-refractivity contribution in [2.24, 2.45) is 5.73 Å². The fourth-order valence-electron chi connectivity index (χ4n) is 2.15. The van der Waals surface area contributed by atoms with Crippen molar-refractivity contribution in [3.8, 4) is 0 Å². The SMILES string of the molecule is NC1(C2(O)CCSC2)CCOCC1. The maximum atomic E-state index is 10.4. The third-order valence-electron chi connectivity index (χ3n) is 3.31. The van der Waals surface area contributed by atoms with E-state index in [0.29, 0.717) is 13.2 Å². The normalized spacial score (nSPS) is 39.2. The van der Waals surface area contributed by atoms with Crippen LogP contribution >= 0.6 is 11.8 Å². The van der Waals surface area contributed by atoms with Gasteiger partial charge < -0.3 is 15.6 Å². The Labute approximate surface area is 83.0 Å². The van der Waals surface area contributed by atoms with E-state index >= 15 is 0 Å². The van der Waals surface area contributed by atoms with Crippen LogP contribution in [-0.4, -0.2) is 41.0 Å². The summed E-state index contributed by atoms with van der Waals surface area (Å²) in [5.74, 6) is 1.83. The first-order valence-corrected chi connectivity index (χ1v) is 5.99. The van der Waals surface area contributed by atoms with Gasteiger partial charge in [0.15, 0.2) is 0 Å². The van der Waals surface area contributed by atoms with E-state index < -0.39 is 11.1 Å². The lowest BCUT2D eigenvalue weighted by Gasteiger charge is -2.44. The standard InChI is InChI=1S/C9H17NO2S/c10-8(1-4-12-5-2-8)9(11)3-6-13-7-9/h11H,1-7,10H2.